The summed E-state index contributed by atoms with van der Waals surface area (Å²) < 4.78 is 10.2. The summed E-state index contributed by atoms with van der Waals surface area (Å²) in [6.45, 7) is 9.88. The first-order valence-electron chi connectivity index (χ1n) is 10.9. The monoisotopic (exact) mass is 427 g/mol. The normalized spacial score (nSPS) is 25.9. The van der Waals surface area contributed by atoms with Gasteiger partial charge >= 0.3 is 5.97 Å². The van der Waals surface area contributed by atoms with Crippen LogP contribution in [0, 0.1) is 10.8 Å². The number of methoxy groups -OCH3 is 2. The van der Waals surface area contributed by atoms with Crippen LogP contribution in [0.5, 0.6) is 5.75 Å². The number of hydrogen-bond donors (Lipinski definition) is 2. The molecule has 2 heterocycles. The van der Waals surface area contributed by atoms with Gasteiger partial charge in [-0.2, -0.15) is 0 Å². The number of H-pyrrole nitrogens is 1. The Morgan fingerprint density at radius 1 is 1.23 bits per heavy atom. The highest BCUT2D eigenvalue weighted by atomic mass is 16.5. The summed E-state index contributed by atoms with van der Waals surface area (Å²) in [7, 11) is 2.92. The van der Waals surface area contributed by atoms with Crippen molar-refractivity contribution in [2.45, 2.75) is 59.0 Å². The van der Waals surface area contributed by atoms with Gasteiger partial charge in [-0.3, -0.25) is 9.69 Å². The van der Waals surface area contributed by atoms with E-state index < -0.39 is 5.97 Å². The highest BCUT2D eigenvalue weighted by Crippen LogP contribution is 2.53. The van der Waals surface area contributed by atoms with Crippen LogP contribution in [0.2, 0.25) is 0 Å². The van der Waals surface area contributed by atoms with Crippen LogP contribution >= 0.6 is 0 Å². The van der Waals surface area contributed by atoms with Crippen molar-refractivity contribution in [2.24, 2.45) is 10.8 Å². The zero-order valence-electron chi connectivity index (χ0n) is 19.3. The third-order valence-corrected chi connectivity index (χ3v) is 6.98. The predicted octanol–water partition coefficient (Wildman–Crippen LogP) is 4.19. The summed E-state index contributed by atoms with van der Waals surface area (Å²) in [5, 5.41) is 3.77. The minimum atomic E-state index is -0.524. The number of nitrogens with one attached hydrogen (secondary N) is 2. The van der Waals surface area contributed by atoms with E-state index in [4.69, 9.17) is 9.47 Å². The van der Waals surface area contributed by atoms with Crippen LogP contribution in [-0.4, -0.2) is 54.6 Å². The molecular formula is C24H33N3O4. The highest BCUT2D eigenvalue weighted by Gasteiger charge is 2.51. The SMILES string of the molecule is COC(=O)c1[nH]c2cc(OC)ccc2c1NC(=O)[C@H](C)N1C[C@@]2(C)C[C@H]1CC(C)(C)C2. The maximum absolute atomic E-state index is 13.3. The second-order valence-corrected chi connectivity index (χ2v) is 10.3. The average Bonchev–Trinajstić information content (AvgIpc) is 3.19. The number of likely N-dealkylation sites (tertiary alicyclic amines) is 1. The molecule has 7 heteroatoms. The molecule has 7 nitrogen and oxygen atoms in total. The molecule has 168 valence electrons. The second kappa shape index (κ2) is 7.55. The number of anilines is 1. The van der Waals surface area contributed by atoms with Crippen molar-refractivity contribution in [3.8, 4) is 5.75 Å². The molecule has 1 aliphatic heterocycles. The average molecular weight is 428 g/mol. The molecule has 2 aromatic rings. The fourth-order valence-electron chi connectivity index (χ4n) is 6.02. The van der Waals surface area contributed by atoms with E-state index in [1.165, 1.54) is 13.5 Å². The molecule has 2 aliphatic rings. The number of carbonyl (C=O) groups excluding carboxylic acids is 2. The first-order chi connectivity index (χ1) is 14.6. The molecule has 4 rings (SSSR count). The lowest BCUT2D eigenvalue weighted by Crippen LogP contribution is -2.45. The molecule has 1 saturated carbocycles. The Labute approximate surface area is 183 Å². The number of amides is 1. The van der Waals surface area contributed by atoms with Crippen molar-refractivity contribution in [1.29, 1.82) is 0 Å². The molecule has 1 aliphatic carbocycles. The topological polar surface area (TPSA) is 83.7 Å². The van der Waals surface area contributed by atoms with Crippen molar-refractivity contribution in [1.82, 2.24) is 9.88 Å². The lowest BCUT2D eigenvalue weighted by Gasteiger charge is -2.40. The Morgan fingerprint density at radius 2 is 1.97 bits per heavy atom. The van der Waals surface area contributed by atoms with E-state index >= 15 is 0 Å². The summed E-state index contributed by atoms with van der Waals surface area (Å²) in [6.07, 6.45) is 3.41. The lowest BCUT2D eigenvalue weighted by molar-refractivity contribution is -0.121. The van der Waals surface area contributed by atoms with Crippen LogP contribution < -0.4 is 10.1 Å². The van der Waals surface area contributed by atoms with Gasteiger partial charge in [0.2, 0.25) is 5.91 Å². The summed E-state index contributed by atoms with van der Waals surface area (Å²) in [5.41, 5.74) is 1.93. The van der Waals surface area contributed by atoms with Gasteiger partial charge in [0, 0.05) is 24.0 Å². The summed E-state index contributed by atoms with van der Waals surface area (Å²) in [5.74, 6) is 0.0249. The van der Waals surface area contributed by atoms with E-state index in [0.717, 1.165) is 24.8 Å². The Hall–Kier alpha value is -2.54. The van der Waals surface area contributed by atoms with Gasteiger partial charge in [-0.15, -0.1) is 0 Å². The van der Waals surface area contributed by atoms with Gasteiger partial charge in [-0.25, -0.2) is 4.79 Å². The molecule has 0 unspecified atom stereocenters. The number of aromatic nitrogens is 1. The zero-order valence-corrected chi connectivity index (χ0v) is 19.3. The fourth-order valence-corrected chi connectivity index (χ4v) is 6.02. The van der Waals surface area contributed by atoms with Gasteiger partial charge in [0.25, 0.3) is 0 Å². The Bertz CT molecular complexity index is 1030. The second-order valence-electron chi connectivity index (χ2n) is 10.3. The van der Waals surface area contributed by atoms with Crippen LogP contribution in [-0.2, 0) is 9.53 Å². The molecule has 1 aromatic carbocycles. The zero-order chi connectivity index (χ0) is 22.6. The van der Waals surface area contributed by atoms with Crippen molar-refractivity contribution in [2.75, 3.05) is 26.1 Å². The number of aromatic amines is 1. The van der Waals surface area contributed by atoms with Gasteiger partial charge < -0.3 is 19.8 Å². The fraction of sp³-hybridized carbons (Fsp3) is 0.583. The summed E-state index contributed by atoms with van der Waals surface area (Å²) in [4.78, 5) is 31.1. The predicted molar refractivity (Wildman–Crippen MR) is 121 cm³/mol. The Balaban J connectivity index is 1.62. The third-order valence-electron chi connectivity index (χ3n) is 6.98. The smallest absolute Gasteiger partial charge is 0.356 e. The van der Waals surface area contributed by atoms with E-state index in [1.54, 1.807) is 13.2 Å². The first kappa shape index (κ1) is 21.7. The van der Waals surface area contributed by atoms with E-state index in [1.807, 2.05) is 19.1 Å². The molecule has 2 fully saturated rings. The molecule has 1 saturated heterocycles. The number of carbonyl (C=O) groups is 2. The molecule has 31 heavy (non-hydrogen) atoms. The largest absolute Gasteiger partial charge is 0.497 e. The molecule has 0 radical (unpaired) electrons. The standard InChI is InChI=1S/C24H33N3O4/c1-14(27-13-24(4)11-15(27)10-23(2,3)12-24)21(28)26-19-17-8-7-16(30-5)9-18(17)25-20(19)22(29)31-6/h7-9,14-15,25H,10-13H2,1-6H3,(H,26,28)/t14-,15+,24-/m0/s1. The van der Waals surface area contributed by atoms with Gasteiger partial charge in [0.1, 0.15) is 11.4 Å². The Kier molecular flexibility index (Phi) is 5.28. The van der Waals surface area contributed by atoms with Crippen molar-refractivity contribution in [3.05, 3.63) is 23.9 Å². The number of hydrogen-bond acceptors (Lipinski definition) is 5. The van der Waals surface area contributed by atoms with Crippen LogP contribution in [0.1, 0.15) is 57.4 Å². The molecule has 0 spiro atoms. The van der Waals surface area contributed by atoms with Crippen LogP contribution in [0.15, 0.2) is 18.2 Å². The van der Waals surface area contributed by atoms with Crippen molar-refractivity contribution in [3.63, 3.8) is 0 Å². The molecule has 1 aromatic heterocycles. The molecular weight excluding hydrogens is 394 g/mol. The molecule has 2 bridgehead atoms. The minimum Gasteiger partial charge on any atom is -0.497 e. The number of esters is 1. The first-order valence-corrected chi connectivity index (χ1v) is 10.9. The minimum absolute atomic E-state index is 0.115. The van der Waals surface area contributed by atoms with Crippen molar-refractivity contribution >= 4 is 28.5 Å². The molecule has 1 amide bonds. The maximum atomic E-state index is 13.3. The summed E-state index contributed by atoms with van der Waals surface area (Å²) >= 11 is 0. The summed E-state index contributed by atoms with van der Waals surface area (Å²) in [6, 6.07) is 5.55. The maximum Gasteiger partial charge on any atom is 0.356 e. The van der Waals surface area contributed by atoms with E-state index in [-0.39, 0.29) is 28.5 Å². The quantitative estimate of drug-likeness (QED) is 0.699. The third kappa shape index (κ3) is 3.91. The molecule has 2 N–H and O–H groups in total. The van der Waals surface area contributed by atoms with E-state index in [2.05, 4.69) is 36.0 Å². The Morgan fingerprint density at radius 3 is 2.65 bits per heavy atom. The number of rotatable bonds is 5. The van der Waals surface area contributed by atoms with Crippen molar-refractivity contribution < 1.29 is 19.1 Å². The van der Waals surface area contributed by atoms with E-state index in [9.17, 15) is 9.59 Å². The van der Waals surface area contributed by atoms with Crippen LogP contribution in [0.25, 0.3) is 10.9 Å². The van der Waals surface area contributed by atoms with Gasteiger partial charge in [0.15, 0.2) is 0 Å². The highest BCUT2D eigenvalue weighted by molar-refractivity contribution is 6.11. The van der Waals surface area contributed by atoms with Gasteiger partial charge in [-0.05, 0) is 49.1 Å². The number of ether oxygens (including phenoxy) is 2. The number of nitrogens with zero attached hydrogens (tertiary/aromatic N) is 1. The lowest BCUT2D eigenvalue weighted by atomic mass is 9.65. The molecule has 3 atom stereocenters. The van der Waals surface area contributed by atoms with Crippen LogP contribution in [0.3, 0.4) is 0 Å². The number of fused-ring (bicyclic) bond motifs is 3. The number of benzene rings is 1. The van der Waals surface area contributed by atoms with E-state index in [0.29, 0.717) is 23.0 Å². The van der Waals surface area contributed by atoms with Crippen LogP contribution in [0.4, 0.5) is 5.69 Å². The van der Waals surface area contributed by atoms with Gasteiger partial charge in [-0.1, -0.05) is 20.8 Å². The van der Waals surface area contributed by atoms with Gasteiger partial charge in [0.05, 0.1) is 31.5 Å².